The van der Waals surface area contributed by atoms with Crippen LogP contribution in [0.1, 0.15) is 19.4 Å². The van der Waals surface area contributed by atoms with Crippen molar-refractivity contribution in [1.82, 2.24) is 10.6 Å². The molecule has 1 aromatic carbocycles. The van der Waals surface area contributed by atoms with E-state index in [1.807, 2.05) is 30.3 Å². The molecule has 2 atom stereocenters. The van der Waals surface area contributed by atoms with Crippen LogP contribution in [0.5, 0.6) is 0 Å². The fourth-order valence-corrected chi connectivity index (χ4v) is 1.69. The molecule has 3 amide bonds. The smallest absolute Gasteiger partial charge is 0.243 e. The van der Waals surface area contributed by atoms with E-state index < -0.39 is 23.9 Å². The first-order chi connectivity index (χ1) is 9.40. The molecule has 108 valence electrons. The van der Waals surface area contributed by atoms with E-state index in [1.165, 1.54) is 13.8 Å². The summed E-state index contributed by atoms with van der Waals surface area (Å²) in [6, 6.07) is 7.77. The topological polar surface area (TPSA) is 101 Å². The molecule has 20 heavy (non-hydrogen) atoms. The van der Waals surface area contributed by atoms with E-state index in [-0.39, 0.29) is 5.91 Å². The maximum atomic E-state index is 12.1. The van der Waals surface area contributed by atoms with Crippen LogP contribution >= 0.6 is 0 Å². The van der Waals surface area contributed by atoms with Gasteiger partial charge in [0.15, 0.2) is 0 Å². The Morgan fingerprint density at radius 3 is 2.25 bits per heavy atom. The number of nitrogens with one attached hydrogen (secondary N) is 2. The highest BCUT2D eigenvalue weighted by Gasteiger charge is 2.22. The van der Waals surface area contributed by atoms with Gasteiger partial charge in [0.05, 0.1) is 0 Å². The zero-order chi connectivity index (χ0) is 15.1. The summed E-state index contributed by atoms with van der Waals surface area (Å²) in [7, 11) is 0. The quantitative estimate of drug-likeness (QED) is 0.666. The molecule has 0 aliphatic rings. The molecule has 0 heterocycles. The second kappa shape index (κ2) is 7.28. The van der Waals surface area contributed by atoms with Crippen LogP contribution in [-0.2, 0) is 20.8 Å². The van der Waals surface area contributed by atoms with E-state index in [0.29, 0.717) is 6.42 Å². The third-order valence-corrected chi connectivity index (χ3v) is 2.76. The lowest BCUT2D eigenvalue weighted by atomic mass is 10.0. The third kappa shape index (κ3) is 5.09. The summed E-state index contributed by atoms with van der Waals surface area (Å²) in [4.78, 5) is 34.2. The van der Waals surface area contributed by atoms with Gasteiger partial charge in [0.2, 0.25) is 17.7 Å². The lowest BCUT2D eigenvalue weighted by Gasteiger charge is -2.19. The Morgan fingerprint density at radius 2 is 1.75 bits per heavy atom. The summed E-state index contributed by atoms with van der Waals surface area (Å²) in [6.07, 6.45) is 0.345. The Hall–Kier alpha value is -2.37. The van der Waals surface area contributed by atoms with Gasteiger partial charge in [-0.1, -0.05) is 30.3 Å². The summed E-state index contributed by atoms with van der Waals surface area (Å²) in [5.41, 5.74) is 6.01. The summed E-state index contributed by atoms with van der Waals surface area (Å²) in [5, 5.41) is 5.05. The average molecular weight is 277 g/mol. The lowest BCUT2D eigenvalue weighted by Crippen LogP contribution is -2.52. The van der Waals surface area contributed by atoms with E-state index in [1.54, 1.807) is 0 Å². The van der Waals surface area contributed by atoms with Crippen LogP contribution in [0.3, 0.4) is 0 Å². The van der Waals surface area contributed by atoms with Crippen molar-refractivity contribution in [3.8, 4) is 0 Å². The van der Waals surface area contributed by atoms with Gasteiger partial charge >= 0.3 is 0 Å². The van der Waals surface area contributed by atoms with Crippen molar-refractivity contribution in [3.05, 3.63) is 35.9 Å². The Balaban J connectivity index is 2.75. The van der Waals surface area contributed by atoms with Gasteiger partial charge in [-0.15, -0.1) is 0 Å². The van der Waals surface area contributed by atoms with E-state index in [9.17, 15) is 14.4 Å². The van der Waals surface area contributed by atoms with Crippen molar-refractivity contribution in [2.24, 2.45) is 5.73 Å². The molecule has 0 aliphatic carbocycles. The van der Waals surface area contributed by atoms with Gasteiger partial charge in [0, 0.05) is 13.3 Å². The van der Waals surface area contributed by atoms with E-state index in [2.05, 4.69) is 10.6 Å². The highest BCUT2D eigenvalue weighted by Crippen LogP contribution is 2.04. The zero-order valence-corrected chi connectivity index (χ0v) is 11.6. The maximum absolute atomic E-state index is 12.1. The van der Waals surface area contributed by atoms with Gasteiger partial charge in [-0.05, 0) is 12.5 Å². The fourth-order valence-electron chi connectivity index (χ4n) is 1.69. The number of benzene rings is 1. The standard InChI is InChI=1S/C14H19N3O3/c1-9(13(15)19)16-14(20)12(17-10(2)18)8-11-6-4-3-5-7-11/h3-7,9,12H,8H2,1-2H3,(H2,15,19)(H,16,20)(H,17,18). The molecule has 0 aliphatic heterocycles. The van der Waals surface area contributed by atoms with Crippen LogP contribution in [-0.4, -0.2) is 29.8 Å². The predicted octanol–water partition coefficient (Wildman–Crippen LogP) is -0.276. The van der Waals surface area contributed by atoms with Crippen molar-refractivity contribution in [3.63, 3.8) is 0 Å². The number of primary amides is 1. The lowest BCUT2D eigenvalue weighted by molar-refractivity contribution is -0.130. The van der Waals surface area contributed by atoms with E-state index >= 15 is 0 Å². The predicted molar refractivity (Wildman–Crippen MR) is 74.5 cm³/mol. The Morgan fingerprint density at radius 1 is 1.15 bits per heavy atom. The highest BCUT2D eigenvalue weighted by atomic mass is 16.2. The molecule has 0 aromatic heterocycles. The summed E-state index contributed by atoms with van der Waals surface area (Å²) in [6.45, 7) is 2.83. The van der Waals surface area contributed by atoms with Crippen LogP contribution < -0.4 is 16.4 Å². The normalized spacial score (nSPS) is 13.1. The Labute approximate surface area is 117 Å². The summed E-state index contributed by atoms with van der Waals surface area (Å²) >= 11 is 0. The fraction of sp³-hybridized carbons (Fsp3) is 0.357. The average Bonchev–Trinajstić information content (AvgIpc) is 2.38. The molecular formula is C14H19N3O3. The first-order valence-electron chi connectivity index (χ1n) is 6.31. The SMILES string of the molecule is CC(=O)NC(Cc1ccccc1)C(=O)NC(C)C(N)=O. The molecular weight excluding hydrogens is 258 g/mol. The van der Waals surface area contributed by atoms with Crippen LogP contribution in [0.2, 0.25) is 0 Å². The van der Waals surface area contributed by atoms with Gasteiger partial charge in [-0.2, -0.15) is 0 Å². The minimum Gasteiger partial charge on any atom is -0.368 e. The van der Waals surface area contributed by atoms with Crippen molar-refractivity contribution in [1.29, 1.82) is 0 Å². The van der Waals surface area contributed by atoms with Crippen molar-refractivity contribution in [2.45, 2.75) is 32.4 Å². The molecule has 0 radical (unpaired) electrons. The molecule has 6 nitrogen and oxygen atoms in total. The van der Waals surface area contributed by atoms with Gasteiger partial charge in [0.25, 0.3) is 0 Å². The molecule has 0 spiro atoms. The van der Waals surface area contributed by atoms with Gasteiger partial charge in [-0.3, -0.25) is 14.4 Å². The molecule has 2 unspecified atom stereocenters. The second-order valence-corrected chi connectivity index (χ2v) is 4.58. The molecule has 6 heteroatoms. The van der Waals surface area contributed by atoms with Crippen LogP contribution in [0.4, 0.5) is 0 Å². The van der Waals surface area contributed by atoms with Crippen LogP contribution in [0.15, 0.2) is 30.3 Å². The number of nitrogens with two attached hydrogens (primary N) is 1. The molecule has 1 aromatic rings. The number of rotatable bonds is 6. The van der Waals surface area contributed by atoms with Crippen LogP contribution in [0, 0.1) is 0 Å². The number of carbonyl (C=O) groups is 3. The van der Waals surface area contributed by atoms with E-state index in [4.69, 9.17) is 5.73 Å². The Kier molecular flexibility index (Phi) is 5.71. The van der Waals surface area contributed by atoms with Crippen molar-refractivity contribution < 1.29 is 14.4 Å². The zero-order valence-electron chi connectivity index (χ0n) is 11.6. The molecule has 0 saturated carbocycles. The second-order valence-electron chi connectivity index (χ2n) is 4.58. The largest absolute Gasteiger partial charge is 0.368 e. The molecule has 0 saturated heterocycles. The highest BCUT2D eigenvalue weighted by molar-refractivity contribution is 5.91. The van der Waals surface area contributed by atoms with Gasteiger partial charge in [0.1, 0.15) is 12.1 Å². The van der Waals surface area contributed by atoms with Crippen molar-refractivity contribution in [2.75, 3.05) is 0 Å². The van der Waals surface area contributed by atoms with Crippen LogP contribution in [0.25, 0.3) is 0 Å². The summed E-state index contributed by atoms with van der Waals surface area (Å²) in [5.74, 6) is -1.37. The maximum Gasteiger partial charge on any atom is 0.243 e. The number of carbonyl (C=O) groups excluding carboxylic acids is 3. The van der Waals surface area contributed by atoms with Gasteiger partial charge < -0.3 is 16.4 Å². The minimum absolute atomic E-state index is 0.312. The number of amides is 3. The molecule has 0 fully saturated rings. The molecule has 1 rings (SSSR count). The minimum atomic E-state index is -0.783. The summed E-state index contributed by atoms with van der Waals surface area (Å²) < 4.78 is 0. The molecule has 0 bridgehead atoms. The van der Waals surface area contributed by atoms with Gasteiger partial charge in [-0.25, -0.2) is 0 Å². The molecule has 4 N–H and O–H groups in total. The number of hydrogen-bond acceptors (Lipinski definition) is 3. The first-order valence-corrected chi connectivity index (χ1v) is 6.31. The monoisotopic (exact) mass is 277 g/mol. The Bertz CT molecular complexity index is 488. The number of hydrogen-bond donors (Lipinski definition) is 3. The van der Waals surface area contributed by atoms with Crippen molar-refractivity contribution >= 4 is 17.7 Å². The van der Waals surface area contributed by atoms with E-state index in [0.717, 1.165) is 5.56 Å². The third-order valence-electron chi connectivity index (χ3n) is 2.76. The first kappa shape index (κ1) is 15.7.